The third kappa shape index (κ3) is 10.3. The van der Waals surface area contributed by atoms with Crippen LogP contribution in [0.1, 0.15) is 86.8 Å². The molecule has 0 saturated carbocycles. The maximum absolute atomic E-state index is 14.0. The van der Waals surface area contributed by atoms with Gasteiger partial charge in [-0.3, -0.25) is 0 Å². The number of hydrogen-bond acceptors (Lipinski definition) is 4. The molecule has 0 aliphatic carbocycles. The summed E-state index contributed by atoms with van der Waals surface area (Å²) in [6.45, 7) is 12.6. The zero-order valence-corrected chi connectivity index (χ0v) is 30.5. The van der Waals surface area contributed by atoms with Crippen molar-refractivity contribution < 1.29 is 15.7 Å². The molecule has 4 aromatic carbocycles. The Hall–Kier alpha value is -3.38. The molecule has 0 N–H and O–H groups in total. The summed E-state index contributed by atoms with van der Waals surface area (Å²) in [7, 11) is 0. The minimum absolute atomic E-state index is 0.340. The summed E-state index contributed by atoms with van der Waals surface area (Å²) < 4.78 is 14.1. The number of carbonyl (C=O) groups is 2. The standard InChI is InChI=1S/2C13H18O2.2C7H7.Sn/c2*1-9(2)8-11-4-6-12(7-5-11)10(3)13(14)15;2*1-7-5-3-2-4-6-7;/h2*4-7,9-10H,8H2,1-3H3,(H,14,15);2*2-6H,1H2;/q;;;;+2/p-2. The van der Waals surface area contributed by atoms with E-state index in [1.165, 1.54) is 11.1 Å². The first-order chi connectivity index (χ1) is 21.5. The van der Waals surface area contributed by atoms with Gasteiger partial charge in [0.25, 0.3) is 0 Å². The Morgan fingerprint density at radius 3 is 1.13 bits per heavy atom. The van der Waals surface area contributed by atoms with Gasteiger partial charge in [-0.05, 0) is 0 Å². The summed E-state index contributed by atoms with van der Waals surface area (Å²) in [5, 5.41) is 0. The van der Waals surface area contributed by atoms with Gasteiger partial charge in [0.1, 0.15) is 0 Å². The predicted molar refractivity (Wildman–Crippen MR) is 185 cm³/mol. The van der Waals surface area contributed by atoms with E-state index in [1.54, 1.807) is 0 Å². The van der Waals surface area contributed by atoms with Gasteiger partial charge in [0, 0.05) is 0 Å². The van der Waals surface area contributed by atoms with E-state index in [-0.39, 0.29) is 11.9 Å². The second-order valence-electron chi connectivity index (χ2n) is 13.2. The first kappa shape index (κ1) is 34.5. The molecule has 0 spiro atoms. The second-order valence-corrected chi connectivity index (χ2v) is 21.6. The molecule has 4 nitrogen and oxygen atoms in total. The molecule has 0 radical (unpaired) electrons. The Morgan fingerprint density at radius 2 is 0.822 bits per heavy atom. The summed E-state index contributed by atoms with van der Waals surface area (Å²) in [6, 6.07) is 36.4. The van der Waals surface area contributed by atoms with E-state index in [2.05, 4.69) is 52.0 Å². The van der Waals surface area contributed by atoms with Gasteiger partial charge >= 0.3 is 276 Å². The summed E-state index contributed by atoms with van der Waals surface area (Å²) in [5.41, 5.74) is 6.29. The maximum atomic E-state index is 14.0. The van der Waals surface area contributed by atoms with E-state index in [0.717, 1.165) is 35.1 Å². The van der Waals surface area contributed by atoms with Crippen molar-refractivity contribution in [1.29, 1.82) is 0 Å². The van der Waals surface area contributed by atoms with Crippen LogP contribution in [0.3, 0.4) is 0 Å². The van der Waals surface area contributed by atoms with Gasteiger partial charge in [-0.1, -0.05) is 0 Å². The van der Waals surface area contributed by atoms with Crippen LogP contribution in [0.5, 0.6) is 0 Å². The Balaban J connectivity index is 1.66. The SMILES string of the molecule is CC(C)Cc1ccc(C(C)C(=O)[O][Sn]([CH2]c2ccccc2)([CH2]c2ccccc2)[O]C(=O)C(C)c2ccc(CC(C)C)cc2)cc1. The average molecular weight is 712 g/mol. The number of carbonyl (C=O) groups excluding carboxylic acids is 2. The van der Waals surface area contributed by atoms with E-state index in [4.69, 9.17) is 6.15 Å². The normalized spacial score (nSPS) is 13.0. The molecular weight excluding hydrogens is 663 g/mol. The van der Waals surface area contributed by atoms with Crippen molar-refractivity contribution in [1.82, 2.24) is 0 Å². The van der Waals surface area contributed by atoms with Crippen molar-refractivity contribution in [2.24, 2.45) is 11.8 Å². The summed E-state index contributed by atoms with van der Waals surface area (Å²) >= 11 is -4.59. The fourth-order valence-corrected chi connectivity index (χ4v) is 15.0. The Labute approximate surface area is 275 Å². The van der Waals surface area contributed by atoms with Crippen molar-refractivity contribution in [2.75, 3.05) is 0 Å². The monoisotopic (exact) mass is 712 g/mol. The predicted octanol–water partition coefficient (Wildman–Crippen LogP) is 9.08. The van der Waals surface area contributed by atoms with Crippen LogP contribution in [-0.4, -0.2) is 31.1 Å². The number of benzene rings is 4. The Morgan fingerprint density at radius 1 is 0.489 bits per heavy atom. The van der Waals surface area contributed by atoms with Gasteiger partial charge in [0.05, 0.1) is 0 Å². The molecule has 4 rings (SSSR count). The fraction of sp³-hybridized carbons (Fsp3) is 0.350. The molecule has 2 atom stereocenters. The van der Waals surface area contributed by atoms with Crippen molar-refractivity contribution >= 4 is 31.1 Å². The Kier molecular flexibility index (Phi) is 12.5. The molecule has 5 heteroatoms. The van der Waals surface area contributed by atoms with Crippen molar-refractivity contribution in [3.63, 3.8) is 0 Å². The minimum atomic E-state index is -4.59. The molecule has 4 aromatic rings. The van der Waals surface area contributed by atoms with Crippen LogP contribution < -0.4 is 0 Å². The summed E-state index contributed by atoms with van der Waals surface area (Å²) in [6.07, 6.45) is 1.98. The van der Waals surface area contributed by atoms with Gasteiger partial charge in [0.2, 0.25) is 0 Å². The van der Waals surface area contributed by atoms with Gasteiger partial charge in [-0.15, -0.1) is 0 Å². The van der Waals surface area contributed by atoms with Gasteiger partial charge in [0.15, 0.2) is 0 Å². The molecule has 0 saturated heterocycles. The van der Waals surface area contributed by atoms with E-state index in [9.17, 15) is 9.59 Å². The van der Waals surface area contributed by atoms with Crippen LogP contribution in [0.25, 0.3) is 0 Å². The molecule has 0 aromatic heterocycles. The zero-order chi connectivity index (χ0) is 32.4. The van der Waals surface area contributed by atoms with Gasteiger partial charge in [-0.25, -0.2) is 0 Å². The molecule has 0 amide bonds. The quantitative estimate of drug-likeness (QED) is 0.123. The molecule has 0 aliphatic heterocycles. The van der Waals surface area contributed by atoms with Crippen LogP contribution in [0.4, 0.5) is 0 Å². The van der Waals surface area contributed by atoms with Crippen LogP contribution in [-0.2, 0) is 37.5 Å². The van der Waals surface area contributed by atoms with Gasteiger partial charge < -0.3 is 0 Å². The molecule has 0 heterocycles. The van der Waals surface area contributed by atoms with Crippen molar-refractivity contribution in [3.8, 4) is 0 Å². The van der Waals surface area contributed by atoms with Crippen LogP contribution in [0.15, 0.2) is 109 Å². The molecule has 0 fully saturated rings. The molecule has 45 heavy (non-hydrogen) atoms. The molecular formula is C40H48O4Sn. The summed E-state index contributed by atoms with van der Waals surface area (Å²) in [5.74, 6) is -0.561. The van der Waals surface area contributed by atoms with Crippen molar-refractivity contribution in [2.45, 2.75) is 75.1 Å². The Bertz CT molecular complexity index is 1380. The number of rotatable bonds is 14. The molecule has 0 aliphatic rings. The van der Waals surface area contributed by atoms with E-state index in [1.807, 2.05) is 98.8 Å². The fourth-order valence-electron chi connectivity index (χ4n) is 5.68. The average Bonchev–Trinajstić information content (AvgIpc) is 3.01. The second kappa shape index (κ2) is 16.3. The van der Waals surface area contributed by atoms with Crippen molar-refractivity contribution in [3.05, 3.63) is 143 Å². The molecule has 0 bridgehead atoms. The molecule has 2 unspecified atom stereocenters. The third-order valence-electron chi connectivity index (χ3n) is 8.16. The number of hydrogen-bond donors (Lipinski definition) is 0. The van der Waals surface area contributed by atoms with Crippen LogP contribution >= 0.6 is 0 Å². The van der Waals surface area contributed by atoms with E-state index < -0.39 is 31.0 Å². The topological polar surface area (TPSA) is 52.6 Å². The third-order valence-corrected chi connectivity index (χ3v) is 16.8. The molecule has 236 valence electrons. The zero-order valence-electron chi connectivity index (χ0n) is 27.7. The van der Waals surface area contributed by atoms with E-state index >= 15 is 0 Å². The first-order valence-corrected chi connectivity index (χ1v) is 22.6. The first-order valence-electron chi connectivity index (χ1n) is 16.2. The summed E-state index contributed by atoms with van der Waals surface area (Å²) in [4.78, 5) is 28.0. The van der Waals surface area contributed by atoms with Gasteiger partial charge in [-0.2, -0.15) is 0 Å². The van der Waals surface area contributed by atoms with Crippen LogP contribution in [0.2, 0.25) is 0 Å². The van der Waals surface area contributed by atoms with E-state index in [0.29, 0.717) is 20.7 Å². The van der Waals surface area contributed by atoms with Crippen LogP contribution in [0, 0.1) is 11.8 Å².